The summed E-state index contributed by atoms with van der Waals surface area (Å²) in [5.74, 6) is -0.0654. The van der Waals surface area contributed by atoms with E-state index < -0.39 is 12.7 Å². The van der Waals surface area contributed by atoms with Gasteiger partial charge in [0.25, 0.3) is 0 Å². The molecule has 3 aromatic rings. The lowest BCUT2D eigenvalue weighted by molar-refractivity contribution is -0.120. The van der Waals surface area contributed by atoms with Crippen LogP contribution in [0.2, 0.25) is 0 Å². The SMILES string of the molecule is CC(C)(Cc1cccc(CC(=O)NCCCCc2ccccc2)c1)NCC(O)c1ccc(O)c(CO)n1. The monoisotopic (exact) mass is 505 g/mol. The topological polar surface area (TPSA) is 115 Å². The molecule has 5 N–H and O–H groups in total. The van der Waals surface area contributed by atoms with Gasteiger partial charge in [0.05, 0.1) is 18.7 Å². The van der Waals surface area contributed by atoms with Gasteiger partial charge < -0.3 is 26.0 Å². The van der Waals surface area contributed by atoms with E-state index in [4.69, 9.17) is 0 Å². The minimum atomic E-state index is -0.882. The average molecular weight is 506 g/mol. The first-order valence-electron chi connectivity index (χ1n) is 12.9. The van der Waals surface area contributed by atoms with Crippen LogP contribution < -0.4 is 10.6 Å². The van der Waals surface area contributed by atoms with Crippen molar-refractivity contribution < 1.29 is 20.1 Å². The molecular formula is C30H39N3O4. The van der Waals surface area contributed by atoms with Crippen molar-refractivity contribution in [1.29, 1.82) is 0 Å². The van der Waals surface area contributed by atoms with Crippen LogP contribution in [0.25, 0.3) is 0 Å². The summed E-state index contributed by atoms with van der Waals surface area (Å²) in [5, 5.41) is 35.9. The van der Waals surface area contributed by atoms with Gasteiger partial charge in [-0.2, -0.15) is 0 Å². The van der Waals surface area contributed by atoms with Crippen molar-refractivity contribution >= 4 is 5.91 Å². The number of hydrogen-bond acceptors (Lipinski definition) is 6. The number of unbranched alkanes of at least 4 members (excludes halogenated alkanes) is 1. The third-order valence-electron chi connectivity index (χ3n) is 6.30. The molecule has 7 nitrogen and oxygen atoms in total. The molecule has 0 aliphatic rings. The van der Waals surface area contributed by atoms with Crippen molar-refractivity contribution in [3.05, 3.63) is 94.8 Å². The quantitative estimate of drug-likeness (QED) is 0.214. The summed E-state index contributed by atoms with van der Waals surface area (Å²) < 4.78 is 0. The zero-order valence-electron chi connectivity index (χ0n) is 21.8. The zero-order chi connectivity index (χ0) is 26.7. The minimum Gasteiger partial charge on any atom is -0.506 e. The number of aromatic hydroxyl groups is 1. The van der Waals surface area contributed by atoms with Crippen molar-refractivity contribution in [1.82, 2.24) is 15.6 Å². The van der Waals surface area contributed by atoms with Crippen molar-refractivity contribution in [2.24, 2.45) is 0 Å². The molecular weight excluding hydrogens is 466 g/mol. The van der Waals surface area contributed by atoms with Crippen LogP contribution in [0.3, 0.4) is 0 Å². The van der Waals surface area contributed by atoms with E-state index in [1.54, 1.807) is 6.07 Å². The summed E-state index contributed by atoms with van der Waals surface area (Å²) in [5.41, 5.74) is 3.61. The highest BCUT2D eigenvalue weighted by Gasteiger charge is 2.21. The number of rotatable bonds is 14. The van der Waals surface area contributed by atoms with Crippen molar-refractivity contribution in [2.45, 2.75) is 64.2 Å². The zero-order valence-corrected chi connectivity index (χ0v) is 21.8. The van der Waals surface area contributed by atoms with Crippen LogP contribution in [0.5, 0.6) is 5.75 Å². The van der Waals surface area contributed by atoms with Gasteiger partial charge in [0, 0.05) is 18.6 Å². The third-order valence-corrected chi connectivity index (χ3v) is 6.30. The number of carbonyl (C=O) groups is 1. The molecule has 0 radical (unpaired) electrons. The molecule has 0 spiro atoms. The van der Waals surface area contributed by atoms with Crippen LogP contribution in [0.1, 0.15) is 60.9 Å². The Hall–Kier alpha value is -3.26. The second-order valence-electron chi connectivity index (χ2n) is 10.1. The van der Waals surface area contributed by atoms with Gasteiger partial charge in [0.2, 0.25) is 5.91 Å². The first-order valence-corrected chi connectivity index (χ1v) is 12.9. The minimum absolute atomic E-state index is 0.0287. The molecule has 1 heterocycles. The molecule has 0 aliphatic carbocycles. The number of benzene rings is 2. The summed E-state index contributed by atoms with van der Waals surface area (Å²) in [6.07, 6.45) is 3.19. The molecule has 7 heteroatoms. The Kier molecular flexibility index (Phi) is 10.6. The number of aliphatic hydroxyl groups excluding tert-OH is 2. The van der Waals surface area contributed by atoms with Crippen LogP contribution in [-0.4, -0.2) is 44.8 Å². The lowest BCUT2D eigenvalue weighted by Crippen LogP contribution is -2.43. The van der Waals surface area contributed by atoms with Gasteiger partial charge in [0.1, 0.15) is 17.5 Å². The highest BCUT2D eigenvalue weighted by molar-refractivity contribution is 5.78. The van der Waals surface area contributed by atoms with Crippen molar-refractivity contribution in [2.75, 3.05) is 13.1 Å². The van der Waals surface area contributed by atoms with E-state index in [2.05, 4.69) is 59.8 Å². The lowest BCUT2D eigenvalue weighted by atomic mass is 9.93. The standard InChI is InChI=1S/C30H39N3O4/c1-30(2,32-20-28(36)25-14-15-27(35)26(21-34)33-25)19-24-13-8-12-23(17-24)18-29(37)31-16-7-6-11-22-9-4-3-5-10-22/h3-5,8-10,12-15,17,28,32,34-36H,6-7,11,16,18-21H2,1-2H3,(H,31,37). The van der Waals surface area contributed by atoms with Gasteiger partial charge in [-0.15, -0.1) is 0 Å². The van der Waals surface area contributed by atoms with E-state index in [0.717, 1.165) is 30.4 Å². The van der Waals surface area contributed by atoms with E-state index in [0.29, 0.717) is 25.1 Å². The molecule has 3 rings (SSSR count). The van der Waals surface area contributed by atoms with Crippen LogP contribution in [-0.2, 0) is 30.7 Å². The molecule has 1 unspecified atom stereocenters. The highest BCUT2D eigenvalue weighted by Crippen LogP contribution is 2.20. The first-order chi connectivity index (χ1) is 17.8. The molecule has 1 aromatic heterocycles. The number of aliphatic hydroxyl groups is 2. The summed E-state index contributed by atoms with van der Waals surface area (Å²) in [6.45, 7) is 4.66. The maximum Gasteiger partial charge on any atom is 0.224 e. The Morgan fingerprint density at radius 1 is 0.973 bits per heavy atom. The maximum atomic E-state index is 12.4. The molecule has 0 bridgehead atoms. The van der Waals surface area contributed by atoms with Crippen molar-refractivity contribution in [3.8, 4) is 5.75 Å². The molecule has 198 valence electrons. The van der Waals surface area contributed by atoms with Gasteiger partial charge in [0.15, 0.2) is 0 Å². The molecule has 0 saturated heterocycles. The second-order valence-corrected chi connectivity index (χ2v) is 10.1. The number of nitrogens with zero attached hydrogens (tertiary/aromatic N) is 1. The number of carbonyl (C=O) groups excluding carboxylic acids is 1. The largest absolute Gasteiger partial charge is 0.506 e. The summed E-state index contributed by atoms with van der Waals surface area (Å²) >= 11 is 0. The van der Waals surface area contributed by atoms with E-state index in [-0.39, 0.29) is 29.4 Å². The highest BCUT2D eigenvalue weighted by atomic mass is 16.3. The molecule has 0 fully saturated rings. The Balaban J connectivity index is 1.43. The molecule has 2 aromatic carbocycles. The summed E-state index contributed by atoms with van der Waals surface area (Å²) in [4.78, 5) is 16.6. The van der Waals surface area contributed by atoms with Gasteiger partial charge in [-0.05, 0) is 68.4 Å². The smallest absolute Gasteiger partial charge is 0.224 e. The van der Waals surface area contributed by atoms with Crippen LogP contribution in [0.4, 0.5) is 0 Å². The van der Waals surface area contributed by atoms with E-state index >= 15 is 0 Å². The predicted octanol–water partition coefficient (Wildman–Crippen LogP) is 3.61. The van der Waals surface area contributed by atoms with Gasteiger partial charge in [-0.25, -0.2) is 4.98 Å². The lowest BCUT2D eigenvalue weighted by Gasteiger charge is -2.28. The fourth-order valence-corrected chi connectivity index (χ4v) is 4.29. The Morgan fingerprint density at radius 3 is 2.46 bits per heavy atom. The number of amides is 1. The van der Waals surface area contributed by atoms with Gasteiger partial charge >= 0.3 is 0 Å². The number of pyridine rings is 1. The fraction of sp³-hybridized carbons (Fsp3) is 0.400. The van der Waals surface area contributed by atoms with Crippen LogP contribution in [0, 0.1) is 0 Å². The molecule has 1 amide bonds. The number of aromatic nitrogens is 1. The average Bonchev–Trinajstić information content (AvgIpc) is 2.88. The van der Waals surface area contributed by atoms with E-state index in [1.165, 1.54) is 11.6 Å². The first kappa shape index (κ1) is 28.3. The normalized spacial score (nSPS) is 12.3. The van der Waals surface area contributed by atoms with Crippen LogP contribution in [0.15, 0.2) is 66.7 Å². The molecule has 0 saturated carbocycles. The predicted molar refractivity (Wildman–Crippen MR) is 145 cm³/mol. The third kappa shape index (κ3) is 9.61. The van der Waals surface area contributed by atoms with Gasteiger partial charge in [-0.3, -0.25) is 4.79 Å². The van der Waals surface area contributed by atoms with Gasteiger partial charge in [-0.1, -0.05) is 54.6 Å². The fourth-order valence-electron chi connectivity index (χ4n) is 4.29. The van der Waals surface area contributed by atoms with Crippen molar-refractivity contribution in [3.63, 3.8) is 0 Å². The molecule has 0 aliphatic heterocycles. The Morgan fingerprint density at radius 2 is 1.70 bits per heavy atom. The number of aryl methyl sites for hydroxylation is 1. The summed E-state index contributed by atoms with van der Waals surface area (Å²) in [7, 11) is 0. The maximum absolute atomic E-state index is 12.4. The van der Waals surface area contributed by atoms with E-state index in [1.807, 2.05) is 24.3 Å². The molecule has 37 heavy (non-hydrogen) atoms. The van der Waals surface area contributed by atoms with E-state index in [9.17, 15) is 20.1 Å². The number of β-amino-alcohol motifs (C(OH)–C–C–N with tert-alkyl or cyclic N) is 1. The number of nitrogens with one attached hydrogen (secondary N) is 2. The number of hydrogen-bond donors (Lipinski definition) is 5. The Bertz CT molecular complexity index is 1130. The second kappa shape index (κ2) is 13.9. The summed E-state index contributed by atoms with van der Waals surface area (Å²) in [6, 6.07) is 21.4. The van der Waals surface area contributed by atoms with Crippen LogP contribution >= 0.6 is 0 Å². The molecule has 1 atom stereocenters. The Labute approximate surface area is 219 Å².